The van der Waals surface area contributed by atoms with Gasteiger partial charge >= 0.3 is 0 Å². The van der Waals surface area contributed by atoms with Crippen LogP contribution < -0.4 is 0 Å². The lowest BCUT2D eigenvalue weighted by Gasteiger charge is -2.08. The predicted octanol–water partition coefficient (Wildman–Crippen LogP) is 3.39. The normalized spacial score (nSPS) is 15.6. The molecule has 0 heterocycles. The molecule has 0 aliphatic heterocycles. The van der Waals surface area contributed by atoms with Crippen molar-refractivity contribution in [3.8, 4) is 0 Å². The zero-order valence-electron chi connectivity index (χ0n) is 8.15. The van der Waals surface area contributed by atoms with Crippen LogP contribution in [0.2, 0.25) is 6.82 Å². The minimum absolute atomic E-state index is 1.23. The van der Waals surface area contributed by atoms with Crippen LogP contribution in [-0.2, 0) is 0 Å². The van der Waals surface area contributed by atoms with E-state index < -0.39 is 0 Å². The first-order chi connectivity index (χ1) is 5.33. The standard InChI is InChI=1S/C8H12B.C2H6/c1-7-3-5-8(9-2)6-4-7;1-2/h3,5H,4,6H2,1-2H3;1-2H3. The molecule has 61 valence electrons. The van der Waals surface area contributed by atoms with Crippen LogP contribution >= 0.6 is 0 Å². The first-order valence-electron chi connectivity index (χ1n) is 4.48. The van der Waals surface area contributed by atoms with Gasteiger partial charge in [-0.3, -0.25) is 0 Å². The zero-order chi connectivity index (χ0) is 8.69. The molecule has 1 heteroatoms. The van der Waals surface area contributed by atoms with E-state index in [0.717, 1.165) is 0 Å². The molecule has 0 N–H and O–H groups in total. The summed E-state index contributed by atoms with van der Waals surface area (Å²) < 4.78 is 0. The maximum Gasteiger partial charge on any atom is 0.142 e. The van der Waals surface area contributed by atoms with Gasteiger partial charge in [-0.1, -0.05) is 38.4 Å². The molecular formula is C10H18B. The van der Waals surface area contributed by atoms with Crippen molar-refractivity contribution in [3.05, 3.63) is 23.2 Å². The van der Waals surface area contributed by atoms with Crippen molar-refractivity contribution in [2.45, 2.75) is 40.4 Å². The predicted molar refractivity (Wildman–Crippen MR) is 54.0 cm³/mol. The number of rotatable bonds is 1. The van der Waals surface area contributed by atoms with E-state index in [1.807, 2.05) is 13.8 Å². The van der Waals surface area contributed by atoms with Gasteiger partial charge in [0, 0.05) is 0 Å². The first kappa shape index (κ1) is 10.5. The van der Waals surface area contributed by atoms with Gasteiger partial charge in [0.1, 0.15) is 7.28 Å². The lowest BCUT2D eigenvalue weighted by Crippen LogP contribution is -1.95. The Morgan fingerprint density at radius 3 is 2.18 bits per heavy atom. The van der Waals surface area contributed by atoms with Crippen LogP contribution in [0.15, 0.2) is 23.2 Å². The third-order valence-corrected chi connectivity index (χ3v) is 1.76. The van der Waals surface area contributed by atoms with Crippen LogP contribution in [0.3, 0.4) is 0 Å². The molecule has 1 rings (SSSR count). The Morgan fingerprint density at radius 1 is 1.18 bits per heavy atom. The lowest BCUT2D eigenvalue weighted by atomic mass is 9.68. The van der Waals surface area contributed by atoms with Crippen LogP contribution in [0.1, 0.15) is 33.6 Å². The molecule has 1 radical (unpaired) electrons. The summed E-state index contributed by atoms with van der Waals surface area (Å²) in [5.74, 6) is 0. The van der Waals surface area contributed by atoms with Gasteiger partial charge in [0.25, 0.3) is 0 Å². The second-order valence-electron chi connectivity index (χ2n) is 2.54. The molecule has 0 atom stereocenters. The van der Waals surface area contributed by atoms with Crippen LogP contribution in [0, 0.1) is 0 Å². The topological polar surface area (TPSA) is 0 Å². The maximum absolute atomic E-state index is 2.21. The molecule has 0 saturated carbocycles. The number of hydrogen-bond acceptors (Lipinski definition) is 0. The van der Waals surface area contributed by atoms with Crippen molar-refractivity contribution in [3.63, 3.8) is 0 Å². The summed E-state index contributed by atoms with van der Waals surface area (Å²) in [5, 5.41) is 0. The van der Waals surface area contributed by atoms with E-state index in [-0.39, 0.29) is 0 Å². The molecule has 0 aromatic carbocycles. The Balaban J connectivity index is 0.000000461. The van der Waals surface area contributed by atoms with Crippen molar-refractivity contribution in [2.75, 3.05) is 0 Å². The van der Waals surface area contributed by atoms with E-state index in [9.17, 15) is 0 Å². The molecule has 0 saturated heterocycles. The molecule has 0 amide bonds. The van der Waals surface area contributed by atoms with Crippen molar-refractivity contribution >= 4 is 7.28 Å². The average molecular weight is 149 g/mol. The molecule has 0 spiro atoms. The Morgan fingerprint density at radius 2 is 1.82 bits per heavy atom. The quantitative estimate of drug-likeness (QED) is 0.501. The highest BCUT2D eigenvalue weighted by molar-refractivity contribution is 6.43. The van der Waals surface area contributed by atoms with Crippen molar-refractivity contribution < 1.29 is 0 Å². The van der Waals surface area contributed by atoms with Gasteiger partial charge < -0.3 is 0 Å². The van der Waals surface area contributed by atoms with Crippen molar-refractivity contribution in [2.24, 2.45) is 0 Å². The minimum atomic E-state index is 1.23. The fourth-order valence-corrected chi connectivity index (χ4v) is 0.998. The molecule has 1 aliphatic rings. The molecule has 0 unspecified atom stereocenters. The van der Waals surface area contributed by atoms with Gasteiger partial charge in [-0.2, -0.15) is 0 Å². The number of allylic oxidation sites excluding steroid dienone is 4. The molecule has 11 heavy (non-hydrogen) atoms. The second-order valence-corrected chi connectivity index (χ2v) is 2.54. The van der Waals surface area contributed by atoms with Gasteiger partial charge in [-0.15, -0.1) is 5.47 Å². The molecule has 0 fully saturated rings. The van der Waals surface area contributed by atoms with Crippen molar-refractivity contribution in [1.29, 1.82) is 0 Å². The highest BCUT2D eigenvalue weighted by Crippen LogP contribution is 2.15. The SMILES string of the molecule is CC.C[B]C1=CC=C(C)CC1. The maximum atomic E-state index is 2.21. The second kappa shape index (κ2) is 6.27. The molecule has 0 bridgehead atoms. The highest BCUT2D eigenvalue weighted by atomic mass is 14.0. The van der Waals surface area contributed by atoms with Gasteiger partial charge in [-0.05, 0) is 19.8 Å². The summed E-state index contributed by atoms with van der Waals surface area (Å²) in [7, 11) is 2.18. The minimum Gasteiger partial charge on any atom is -0.109 e. The molecule has 0 nitrogen and oxygen atoms in total. The monoisotopic (exact) mass is 149 g/mol. The van der Waals surface area contributed by atoms with Gasteiger partial charge in [0.2, 0.25) is 0 Å². The molecule has 1 aliphatic carbocycles. The average Bonchev–Trinajstić information content (AvgIpc) is 2.10. The Kier molecular flexibility index (Phi) is 6.01. The van der Waals surface area contributed by atoms with E-state index in [0.29, 0.717) is 0 Å². The van der Waals surface area contributed by atoms with E-state index in [1.54, 1.807) is 0 Å². The van der Waals surface area contributed by atoms with E-state index in [2.05, 4.69) is 33.2 Å². The lowest BCUT2D eigenvalue weighted by molar-refractivity contribution is 0.944. The van der Waals surface area contributed by atoms with E-state index in [1.165, 1.54) is 23.9 Å². The Labute approximate surface area is 71.6 Å². The molecular weight excluding hydrogens is 131 g/mol. The molecule has 0 aromatic rings. The largest absolute Gasteiger partial charge is 0.142 e. The smallest absolute Gasteiger partial charge is 0.109 e. The third kappa shape index (κ3) is 4.08. The molecule has 0 aromatic heterocycles. The summed E-state index contributed by atoms with van der Waals surface area (Å²) in [6, 6.07) is 0. The summed E-state index contributed by atoms with van der Waals surface area (Å²) in [6.45, 7) is 8.28. The Bertz CT molecular complexity index is 154. The number of hydrogen-bond donors (Lipinski definition) is 0. The Hall–Kier alpha value is -0.455. The first-order valence-corrected chi connectivity index (χ1v) is 4.48. The zero-order valence-corrected chi connectivity index (χ0v) is 8.15. The summed E-state index contributed by atoms with van der Waals surface area (Å²) in [4.78, 5) is 0. The van der Waals surface area contributed by atoms with E-state index in [4.69, 9.17) is 0 Å². The summed E-state index contributed by atoms with van der Waals surface area (Å²) in [5.41, 5.74) is 2.97. The summed E-state index contributed by atoms with van der Waals surface area (Å²) >= 11 is 0. The van der Waals surface area contributed by atoms with Gasteiger partial charge in [-0.25, -0.2) is 0 Å². The van der Waals surface area contributed by atoms with Crippen LogP contribution in [-0.4, -0.2) is 7.28 Å². The van der Waals surface area contributed by atoms with E-state index >= 15 is 0 Å². The highest BCUT2D eigenvalue weighted by Gasteiger charge is 1.99. The van der Waals surface area contributed by atoms with Gasteiger partial charge in [0.15, 0.2) is 0 Å². The van der Waals surface area contributed by atoms with Crippen LogP contribution in [0.4, 0.5) is 0 Å². The van der Waals surface area contributed by atoms with Crippen LogP contribution in [0.5, 0.6) is 0 Å². The van der Waals surface area contributed by atoms with Crippen LogP contribution in [0.25, 0.3) is 0 Å². The fourth-order valence-electron chi connectivity index (χ4n) is 0.998. The fraction of sp³-hybridized carbons (Fsp3) is 0.600. The van der Waals surface area contributed by atoms with Crippen molar-refractivity contribution in [1.82, 2.24) is 0 Å². The third-order valence-electron chi connectivity index (χ3n) is 1.76. The summed E-state index contributed by atoms with van der Waals surface area (Å²) in [6.07, 6.45) is 6.90. The van der Waals surface area contributed by atoms with Gasteiger partial charge in [0.05, 0.1) is 0 Å².